The molecule has 1 unspecified atom stereocenters. The van der Waals surface area contributed by atoms with Crippen LogP contribution in [0.2, 0.25) is 0 Å². The molecule has 2 amide bonds. The summed E-state index contributed by atoms with van der Waals surface area (Å²) in [5.41, 5.74) is 7.73. The van der Waals surface area contributed by atoms with E-state index in [-0.39, 0.29) is 11.7 Å². The minimum atomic E-state index is -0.663. The number of H-pyrrole nitrogens is 1. The molecule has 0 saturated carbocycles. The maximum Gasteiger partial charge on any atom is 0.284 e. The highest BCUT2D eigenvalue weighted by Crippen LogP contribution is 2.32. The first-order valence-electron chi connectivity index (χ1n) is 8.09. The van der Waals surface area contributed by atoms with E-state index in [1.807, 2.05) is 0 Å². The Morgan fingerprint density at radius 3 is 3.00 bits per heavy atom. The van der Waals surface area contributed by atoms with Crippen molar-refractivity contribution in [2.24, 2.45) is 11.7 Å². The van der Waals surface area contributed by atoms with Crippen molar-refractivity contribution in [2.45, 2.75) is 26.2 Å². The van der Waals surface area contributed by atoms with Crippen LogP contribution in [0.15, 0.2) is 18.2 Å². The number of nitrogens with zero attached hydrogens (tertiary/aromatic N) is 2. The van der Waals surface area contributed by atoms with Crippen LogP contribution < -0.4 is 11.1 Å². The Hall–Kier alpha value is -2.74. The third kappa shape index (κ3) is 2.89. The van der Waals surface area contributed by atoms with Crippen LogP contribution in [0.4, 0.5) is 5.13 Å². The van der Waals surface area contributed by atoms with E-state index in [0.29, 0.717) is 27.6 Å². The molecule has 0 saturated heterocycles. The number of anilines is 1. The van der Waals surface area contributed by atoms with E-state index in [2.05, 4.69) is 27.2 Å². The first-order chi connectivity index (χ1) is 12.0. The third-order valence-electron chi connectivity index (χ3n) is 4.40. The van der Waals surface area contributed by atoms with E-state index in [9.17, 15) is 9.59 Å². The number of carbonyl (C=O) groups is 2. The van der Waals surface area contributed by atoms with Crippen molar-refractivity contribution < 1.29 is 9.59 Å². The van der Waals surface area contributed by atoms with Crippen LogP contribution in [0.3, 0.4) is 0 Å². The maximum atomic E-state index is 12.7. The Balaban J connectivity index is 1.63. The molecule has 3 aromatic rings. The Labute approximate surface area is 147 Å². The SMILES string of the molecule is CC1CCc2nc(NC(=O)c3cccc4[nH]c(C(N)=O)nc34)sc2C1. The summed E-state index contributed by atoms with van der Waals surface area (Å²) in [6.07, 6.45) is 3.10. The molecule has 0 spiro atoms. The summed E-state index contributed by atoms with van der Waals surface area (Å²) in [6, 6.07) is 5.14. The quantitative estimate of drug-likeness (QED) is 0.669. The molecule has 8 heteroatoms. The van der Waals surface area contributed by atoms with Gasteiger partial charge in [0, 0.05) is 4.88 Å². The molecule has 4 rings (SSSR count). The fourth-order valence-corrected chi connectivity index (χ4v) is 4.26. The zero-order chi connectivity index (χ0) is 17.6. The number of aromatic nitrogens is 3. The Morgan fingerprint density at radius 2 is 2.20 bits per heavy atom. The summed E-state index contributed by atoms with van der Waals surface area (Å²) >= 11 is 1.53. The number of thiazole rings is 1. The first-order valence-corrected chi connectivity index (χ1v) is 8.91. The molecule has 0 aliphatic heterocycles. The van der Waals surface area contributed by atoms with E-state index in [0.717, 1.165) is 25.0 Å². The summed E-state index contributed by atoms with van der Waals surface area (Å²) in [7, 11) is 0. The van der Waals surface area contributed by atoms with E-state index >= 15 is 0 Å². The van der Waals surface area contributed by atoms with Crippen LogP contribution in [-0.2, 0) is 12.8 Å². The van der Waals surface area contributed by atoms with Gasteiger partial charge in [0.05, 0.1) is 16.8 Å². The second-order valence-electron chi connectivity index (χ2n) is 6.34. The lowest BCUT2D eigenvalue weighted by atomic mass is 9.93. The third-order valence-corrected chi connectivity index (χ3v) is 5.43. The van der Waals surface area contributed by atoms with Crippen LogP contribution in [0.25, 0.3) is 11.0 Å². The standard InChI is InChI=1S/C17H17N5O2S/c1-8-5-6-10-12(7-8)25-17(20-10)22-16(24)9-3-2-4-11-13(9)21-15(19-11)14(18)23/h2-4,8H,5-7H2,1H3,(H2,18,23)(H,19,21)(H,20,22,24). The van der Waals surface area contributed by atoms with Gasteiger partial charge in [0.1, 0.15) is 5.52 Å². The average molecular weight is 355 g/mol. The molecule has 7 nitrogen and oxygen atoms in total. The normalized spacial score (nSPS) is 16.6. The number of aromatic amines is 1. The number of fused-ring (bicyclic) bond motifs is 2. The molecule has 0 radical (unpaired) electrons. The lowest BCUT2D eigenvalue weighted by molar-refractivity contribution is 0.0989. The monoisotopic (exact) mass is 355 g/mol. The number of rotatable bonds is 3. The van der Waals surface area contributed by atoms with Crippen molar-refractivity contribution in [3.8, 4) is 0 Å². The summed E-state index contributed by atoms with van der Waals surface area (Å²) in [5, 5.41) is 3.46. The zero-order valence-electron chi connectivity index (χ0n) is 13.6. The lowest BCUT2D eigenvalue weighted by Crippen LogP contribution is -2.13. The highest BCUT2D eigenvalue weighted by Gasteiger charge is 2.22. The lowest BCUT2D eigenvalue weighted by Gasteiger charge is -2.15. The highest BCUT2D eigenvalue weighted by atomic mass is 32.1. The van der Waals surface area contributed by atoms with Crippen molar-refractivity contribution in [1.82, 2.24) is 15.0 Å². The van der Waals surface area contributed by atoms with Gasteiger partial charge in [-0.15, -0.1) is 11.3 Å². The number of para-hydroxylation sites is 1. The summed E-state index contributed by atoms with van der Waals surface area (Å²) in [5.74, 6) is -0.271. The smallest absolute Gasteiger partial charge is 0.284 e. The van der Waals surface area contributed by atoms with Crippen molar-refractivity contribution in [3.05, 3.63) is 40.2 Å². The average Bonchev–Trinajstić information content (AvgIpc) is 3.17. The fraction of sp³-hybridized carbons (Fsp3) is 0.294. The Bertz CT molecular complexity index is 990. The minimum absolute atomic E-state index is 0.0361. The number of benzene rings is 1. The Kier molecular flexibility index (Phi) is 3.76. The fourth-order valence-electron chi connectivity index (χ4n) is 3.09. The number of hydrogen-bond donors (Lipinski definition) is 3. The molecule has 1 aromatic carbocycles. The van der Waals surface area contributed by atoms with E-state index in [1.165, 1.54) is 16.2 Å². The number of aryl methyl sites for hydroxylation is 1. The second-order valence-corrected chi connectivity index (χ2v) is 7.43. The van der Waals surface area contributed by atoms with Gasteiger partial charge in [-0.05, 0) is 37.3 Å². The molecule has 2 heterocycles. The second kappa shape index (κ2) is 5.96. The Morgan fingerprint density at radius 1 is 1.36 bits per heavy atom. The van der Waals surface area contributed by atoms with Crippen molar-refractivity contribution in [2.75, 3.05) is 5.32 Å². The number of hydrogen-bond acceptors (Lipinski definition) is 5. The molecule has 25 heavy (non-hydrogen) atoms. The molecule has 4 N–H and O–H groups in total. The molecule has 128 valence electrons. The predicted molar refractivity (Wildman–Crippen MR) is 95.9 cm³/mol. The van der Waals surface area contributed by atoms with Gasteiger partial charge in [-0.1, -0.05) is 13.0 Å². The van der Waals surface area contributed by atoms with E-state index in [4.69, 9.17) is 5.73 Å². The van der Waals surface area contributed by atoms with Crippen LogP contribution in [0, 0.1) is 5.92 Å². The molecular formula is C17H17N5O2S. The summed E-state index contributed by atoms with van der Waals surface area (Å²) in [4.78, 5) is 36.7. The molecular weight excluding hydrogens is 338 g/mol. The zero-order valence-corrected chi connectivity index (χ0v) is 14.4. The van der Waals surface area contributed by atoms with Crippen LogP contribution in [0.1, 0.15) is 44.9 Å². The molecule has 1 atom stereocenters. The summed E-state index contributed by atoms with van der Waals surface area (Å²) < 4.78 is 0. The number of amides is 2. The van der Waals surface area contributed by atoms with E-state index in [1.54, 1.807) is 18.2 Å². The van der Waals surface area contributed by atoms with Crippen LogP contribution >= 0.6 is 11.3 Å². The van der Waals surface area contributed by atoms with Gasteiger partial charge in [0.25, 0.3) is 11.8 Å². The van der Waals surface area contributed by atoms with E-state index < -0.39 is 5.91 Å². The van der Waals surface area contributed by atoms with Gasteiger partial charge in [-0.3, -0.25) is 14.9 Å². The van der Waals surface area contributed by atoms with Crippen LogP contribution in [-0.4, -0.2) is 26.8 Å². The van der Waals surface area contributed by atoms with Crippen molar-refractivity contribution >= 4 is 39.3 Å². The summed E-state index contributed by atoms with van der Waals surface area (Å²) in [6.45, 7) is 2.23. The van der Waals surface area contributed by atoms with Gasteiger partial charge in [0.15, 0.2) is 11.0 Å². The van der Waals surface area contributed by atoms with Gasteiger partial charge in [0.2, 0.25) is 0 Å². The minimum Gasteiger partial charge on any atom is -0.363 e. The molecule has 0 bridgehead atoms. The van der Waals surface area contributed by atoms with Crippen molar-refractivity contribution in [3.63, 3.8) is 0 Å². The largest absolute Gasteiger partial charge is 0.363 e. The maximum absolute atomic E-state index is 12.7. The molecule has 1 aliphatic carbocycles. The predicted octanol–water partition coefficient (Wildman–Crippen LogP) is 2.50. The molecule has 0 fully saturated rings. The number of imidazole rings is 1. The molecule has 1 aliphatic rings. The van der Waals surface area contributed by atoms with Crippen molar-refractivity contribution in [1.29, 1.82) is 0 Å². The number of nitrogens with one attached hydrogen (secondary N) is 2. The number of carbonyl (C=O) groups excluding carboxylic acids is 2. The molecule has 2 aromatic heterocycles. The van der Waals surface area contributed by atoms with Gasteiger partial charge < -0.3 is 10.7 Å². The van der Waals surface area contributed by atoms with Crippen LogP contribution in [0.5, 0.6) is 0 Å². The van der Waals surface area contributed by atoms with Gasteiger partial charge in [-0.25, -0.2) is 9.97 Å². The van der Waals surface area contributed by atoms with Gasteiger partial charge in [-0.2, -0.15) is 0 Å². The number of primary amides is 1. The number of nitrogens with two attached hydrogens (primary N) is 1. The van der Waals surface area contributed by atoms with Gasteiger partial charge >= 0.3 is 0 Å². The highest BCUT2D eigenvalue weighted by molar-refractivity contribution is 7.15. The first kappa shape index (κ1) is 15.8. The topological polar surface area (TPSA) is 114 Å².